The Morgan fingerprint density at radius 1 is 0.978 bits per heavy atom. The molecule has 2 aliphatic heterocycles. The van der Waals surface area contributed by atoms with Crippen LogP contribution in [-0.2, 0) is 20.8 Å². The molecule has 1 saturated carbocycles. The van der Waals surface area contributed by atoms with Crippen molar-refractivity contribution < 1.29 is 19.1 Å². The minimum absolute atomic E-state index is 0.0376. The molecule has 0 radical (unpaired) electrons. The smallest absolute Gasteiger partial charge is 0.251 e. The molecule has 3 fully saturated rings. The van der Waals surface area contributed by atoms with Crippen molar-refractivity contribution in [3.05, 3.63) is 75.9 Å². The van der Waals surface area contributed by atoms with E-state index in [1.54, 1.807) is 6.08 Å². The molecule has 2 aromatic rings. The lowest BCUT2D eigenvalue weighted by molar-refractivity contribution is -0.111. The highest BCUT2D eigenvalue weighted by molar-refractivity contribution is 6.06. The Labute approximate surface area is 268 Å². The predicted octanol–water partition coefficient (Wildman–Crippen LogP) is 6.10. The van der Waals surface area contributed by atoms with Crippen LogP contribution >= 0.6 is 0 Å². The number of allylic oxidation sites excluding steroid dienone is 3. The first kappa shape index (κ1) is 31.7. The minimum atomic E-state index is -0.136. The summed E-state index contributed by atoms with van der Waals surface area (Å²) in [5.74, 6) is 1.08. The molecule has 240 valence electrons. The Bertz CT molecular complexity index is 1460. The molecule has 4 aliphatic rings. The van der Waals surface area contributed by atoms with E-state index in [0.29, 0.717) is 23.4 Å². The van der Waals surface area contributed by atoms with E-state index in [9.17, 15) is 9.59 Å². The van der Waals surface area contributed by atoms with Gasteiger partial charge in [0.15, 0.2) is 5.78 Å². The lowest BCUT2D eigenvalue weighted by Crippen LogP contribution is -2.40. The second kappa shape index (κ2) is 14.0. The zero-order chi connectivity index (χ0) is 31.5. The Balaban J connectivity index is 1.29. The number of hydrogen-bond acceptors (Lipinski definition) is 6. The third-order valence-corrected chi connectivity index (χ3v) is 10.4. The van der Waals surface area contributed by atoms with Crippen LogP contribution in [0.3, 0.4) is 0 Å². The van der Waals surface area contributed by atoms with Gasteiger partial charge in [0, 0.05) is 68.8 Å². The molecule has 2 saturated heterocycles. The van der Waals surface area contributed by atoms with Crippen LogP contribution in [0.2, 0.25) is 0 Å². The van der Waals surface area contributed by atoms with Crippen molar-refractivity contribution in [3.63, 3.8) is 0 Å². The van der Waals surface area contributed by atoms with Gasteiger partial charge in [-0.1, -0.05) is 35.4 Å². The Morgan fingerprint density at radius 3 is 2.40 bits per heavy atom. The van der Waals surface area contributed by atoms with E-state index < -0.39 is 0 Å². The molecule has 7 heteroatoms. The van der Waals surface area contributed by atoms with E-state index in [1.165, 1.54) is 11.1 Å². The largest absolute Gasteiger partial charge is 0.381 e. The van der Waals surface area contributed by atoms with Crippen LogP contribution in [0.15, 0.2) is 59.2 Å². The number of benzene rings is 2. The number of fused-ring (bicyclic) bond motifs is 1. The molecule has 0 spiro atoms. The van der Waals surface area contributed by atoms with Crippen molar-refractivity contribution in [1.82, 2.24) is 10.2 Å². The summed E-state index contributed by atoms with van der Waals surface area (Å²) in [6.45, 7) is 15.4. The number of nitrogens with one attached hydrogen (secondary N) is 1. The molecule has 2 aromatic carbocycles. The van der Waals surface area contributed by atoms with Gasteiger partial charge >= 0.3 is 0 Å². The van der Waals surface area contributed by atoms with Crippen molar-refractivity contribution >= 4 is 17.4 Å². The van der Waals surface area contributed by atoms with Crippen LogP contribution < -0.4 is 10.2 Å². The van der Waals surface area contributed by atoms with E-state index in [0.717, 1.165) is 112 Å². The summed E-state index contributed by atoms with van der Waals surface area (Å²) in [6, 6.07) is 13.4. The second-order valence-corrected chi connectivity index (χ2v) is 13.4. The molecule has 45 heavy (non-hydrogen) atoms. The maximum atomic E-state index is 14.0. The average Bonchev–Trinajstić information content (AvgIpc) is 3.82. The fraction of sp³-hybridized carbons (Fsp3) is 0.526. The molecule has 1 N–H and O–H groups in total. The number of ketones is 1. The molecule has 2 aliphatic carbocycles. The number of carbonyl (C=O) groups is 2. The SMILES string of the molecule is CCN(c1cc(-c2ccc(CN3CCOCC3)cc2)cc(C(=O)NCC2=C(C)CC3CC3C(C)=CC2=O)c1C)C1CCOCC1. The van der Waals surface area contributed by atoms with Gasteiger partial charge in [0.2, 0.25) is 0 Å². The lowest BCUT2D eigenvalue weighted by Gasteiger charge is -2.37. The molecule has 2 atom stereocenters. The van der Waals surface area contributed by atoms with Gasteiger partial charge in [0.25, 0.3) is 5.91 Å². The Kier molecular flexibility index (Phi) is 9.88. The number of amides is 1. The van der Waals surface area contributed by atoms with Gasteiger partial charge in [-0.15, -0.1) is 0 Å². The third-order valence-electron chi connectivity index (χ3n) is 10.4. The van der Waals surface area contributed by atoms with E-state index in [1.807, 2.05) is 6.07 Å². The molecule has 2 unspecified atom stereocenters. The van der Waals surface area contributed by atoms with Gasteiger partial charge in [0.1, 0.15) is 0 Å². The zero-order valence-corrected chi connectivity index (χ0v) is 27.5. The standard InChI is InChI=1S/C38H49N3O4/c1-5-41(32-10-14-44-15-11-32)36-22-30(29-8-6-28(7-9-29)24-40-12-16-45-17-13-40)20-34(27(36)4)38(43)39-23-35-25(2)18-31-21-33(31)26(3)19-37(35)42/h6-9,19-20,22,31-33H,5,10-18,21,23-24H2,1-4H3,(H,39,43). The number of hydrogen-bond donors (Lipinski definition) is 1. The summed E-state index contributed by atoms with van der Waals surface area (Å²) in [4.78, 5) is 32.1. The number of nitrogens with zero attached hydrogens (tertiary/aromatic N) is 2. The minimum Gasteiger partial charge on any atom is -0.381 e. The third kappa shape index (κ3) is 7.26. The monoisotopic (exact) mass is 611 g/mol. The Hall–Kier alpha value is -3.26. The lowest BCUT2D eigenvalue weighted by atomic mass is 9.93. The first-order chi connectivity index (χ1) is 21.8. The van der Waals surface area contributed by atoms with Crippen LogP contribution in [0.25, 0.3) is 11.1 Å². The number of anilines is 1. The van der Waals surface area contributed by atoms with Crippen molar-refractivity contribution in [1.29, 1.82) is 0 Å². The number of carbonyl (C=O) groups excluding carboxylic acids is 2. The fourth-order valence-corrected chi connectivity index (χ4v) is 7.50. The first-order valence-electron chi connectivity index (χ1n) is 16.9. The maximum Gasteiger partial charge on any atom is 0.251 e. The number of ether oxygens (including phenoxy) is 2. The van der Waals surface area contributed by atoms with E-state index in [-0.39, 0.29) is 18.2 Å². The highest BCUT2D eigenvalue weighted by atomic mass is 16.5. The van der Waals surface area contributed by atoms with Crippen LogP contribution in [0, 0.1) is 18.8 Å². The van der Waals surface area contributed by atoms with Gasteiger partial charge in [0.05, 0.1) is 13.2 Å². The van der Waals surface area contributed by atoms with Crippen molar-refractivity contribution in [2.45, 2.75) is 66.0 Å². The normalized spacial score (nSPS) is 22.8. The molecular weight excluding hydrogens is 562 g/mol. The number of rotatable bonds is 9. The van der Waals surface area contributed by atoms with Crippen molar-refractivity contribution in [2.24, 2.45) is 11.8 Å². The summed E-state index contributed by atoms with van der Waals surface area (Å²) in [5, 5.41) is 3.16. The molecule has 0 bridgehead atoms. The summed E-state index contributed by atoms with van der Waals surface area (Å²) < 4.78 is 11.2. The topological polar surface area (TPSA) is 71.1 Å². The molecular formula is C38H49N3O4. The first-order valence-corrected chi connectivity index (χ1v) is 16.9. The molecule has 2 heterocycles. The predicted molar refractivity (Wildman–Crippen MR) is 180 cm³/mol. The van der Waals surface area contributed by atoms with Gasteiger partial charge in [-0.2, -0.15) is 0 Å². The summed E-state index contributed by atoms with van der Waals surface area (Å²) >= 11 is 0. The van der Waals surface area contributed by atoms with E-state index in [4.69, 9.17) is 9.47 Å². The molecule has 6 rings (SSSR count). The zero-order valence-electron chi connectivity index (χ0n) is 27.5. The van der Waals surface area contributed by atoms with Gasteiger partial charge < -0.3 is 19.7 Å². The highest BCUT2D eigenvalue weighted by Crippen LogP contribution is 2.49. The van der Waals surface area contributed by atoms with Crippen molar-refractivity contribution in [2.75, 3.05) is 57.5 Å². The van der Waals surface area contributed by atoms with Crippen LogP contribution in [0.4, 0.5) is 5.69 Å². The second-order valence-electron chi connectivity index (χ2n) is 13.4. The molecule has 7 nitrogen and oxygen atoms in total. The van der Waals surface area contributed by atoms with Crippen LogP contribution in [-0.4, -0.2) is 75.2 Å². The Morgan fingerprint density at radius 2 is 1.69 bits per heavy atom. The van der Waals surface area contributed by atoms with Crippen molar-refractivity contribution in [3.8, 4) is 11.1 Å². The number of morpholine rings is 1. The molecule has 0 aromatic heterocycles. The summed E-state index contributed by atoms with van der Waals surface area (Å²) in [7, 11) is 0. The van der Waals surface area contributed by atoms with E-state index >= 15 is 0 Å². The highest BCUT2D eigenvalue weighted by Gasteiger charge is 2.40. The van der Waals surface area contributed by atoms with Gasteiger partial charge in [-0.25, -0.2) is 0 Å². The van der Waals surface area contributed by atoms with Gasteiger partial charge in [-0.3, -0.25) is 14.5 Å². The quantitative estimate of drug-likeness (QED) is 0.370. The van der Waals surface area contributed by atoms with Gasteiger partial charge in [-0.05, 0) is 106 Å². The average molecular weight is 612 g/mol. The summed E-state index contributed by atoms with van der Waals surface area (Å²) in [6.07, 6.45) is 5.84. The fourth-order valence-electron chi connectivity index (χ4n) is 7.50. The summed E-state index contributed by atoms with van der Waals surface area (Å²) in [5.41, 5.74) is 9.14. The van der Waals surface area contributed by atoms with Crippen LogP contribution in [0.5, 0.6) is 0 Å². The van der Waals surface area contributed by atoms with Crippen LogP contribution in [0.1, 0.15) is 67.9 Å². The maximum absolute atomic E-state index is 14.0. The molecule has 1 amide bonds. The van der Waals surface area contributed by atoms with E-state index in [2.05, 4.69) is 73.1 Å².